The van der Waals surface area contributed by atoms with Crippen LogP contribution in [0.3, 0.4) is 0 Å². The van der Waals surface area contributed by atoms with Crippen molar-refractivity contribution >= 4 is 16.2 Å². The number of alkyl carbamates (subject to hydrolysis) is 1. The summed E-state index contributed by atoms with van der Waals surface area (Å²) in [5, 5.41) is 2.76. The standard InChI is InChI=1S/C13H27NO5S/c1-12(2,3)10(8-9-18-20(7,16)17)14-11(15)19-13(4,5)6/h10H,8-9H2,1-7H3,(H,14,15). The van der Waals surface area contributed by atoms with E-state index in [9.17, 15) is 13.2 Å². The molecule has 1 N–H and O–H groups in total. The minimum Gasteiger partial charge on any atom is -0.444 e. The molecule has 6 nitrogen and oxygen atoms in total. The van der Waals surface area contributed by atoms with Gasteiger partial charge in [-0.1, -0.05) is 20.8 Å². The normalized spacial score (nSPS) is 14.8. The first kappa shape index (κ1) is 19.2. The fourth-order valence-electron chi connectivity index (χ4n) is 1.49. The minimum absolute atomic E-state index is 0.0244. The zero-order chi connectivity index (χ0) is 16.2. The predicted molar refractivity (Wildman–Crippen MR) is 78.0 cm³/mol. The maximum Gasteiger partial charge on any atom is 0.407 e. The van der Waals surface area contributed by atoms with Crippen LogP contribution in [0.5, 0.6) is 0 Å². The monoisotopic (exact) mass is 309 g/mol. The Morgan fingerprint density at radius 3 is 2.00 bits per heavy atom. The van der Waals surface area contributed by atoms with Gasteiger partial charge < -0.3 is 10.1 Å². The SMILES string of the molecule is CC(C)(C)OC(=O)NC(CCOS(C)(=O)=O)C(C)(C)C. The van der Waals surface area contributed by atoms with E-state index >= 15 is 0 Å². The predicted octanol–water partition coefficient (Wildman–Crippen LogP) is 2.29. The summed E-state index contributed by atoms with van der Waals surface area (Å²) in [6, 6.07) is -0.251. The van der Waals surface area contributed by atoms with E-state index in [2.05, 4.69) is 5.32 Å². The van der Waals surface area contributed by atoms with Crippen molar-refractivity contribution < 1.29 is 22.1 Å². The molecule has 7 heteroatoms. The molecule has 0 bridgehead atoms. The molecule has 1 amide bonds. The Bertz CT molecular complexity index is 417. The third kappa shape index (κ3) is 10.0. The van der Waals surface area contributed by atoms with Crippen LogP contribution in [-0.2, 0) is 19.0 Å². The minimum atomic E-state index is -3.47. The molecule has 120 valence electrons. The van der Waals surface area contributed by atoms with Crippen molar-refractivity contribution in [2.45, 2.75) is 59.6 Å². The lowest BCUT2D eigenvalue weighted by Gasteiger charge is -2.32. The zero-order valence-electron chi connectivity index (χ0n) is 13.4. The Balaban J connectivity index is 4.56. The quantitative estimate of drug-likeness (QED) is 0.788. The van der Waals surface area contributed by atoms with E-state index in [1.54, 1.807) is 20.8 Å². The second-order valence-corrected chi connectivity index (χ2v) is 8.52. The van der Waals surface area contributed by atoms with E-state index in [0.717, 1.165) is 6.26 Å². The Hall–Kier alpha value is -0.820. The number of carbonyl (C=O) groups is 1. The lowest BCUT2D eigenvalue weighted by molar-refractivity contribution is 0.0452. The molecule has 0 radical (unpaired) electrons. The van der Waals surface area contributed by atoms with Crippen molar-refractivity contribution in [3.05, 3.63) is 0 Å². The van der Waals surface area contributed by atoms with E-state index in [1.165, 1.54) is 0 Å². The average molecular weight is 309 g/mol. The number of ether oxygens (including phenoxy) is 1. The zero-order valence-corrected chi connectivity index (χ0v) is 14.3. The molecule has 0 aliphatic carbocycles. The summed E-state index contributed by atoms with van der Waals surface area (Å²) in [7, 11) is -3.47. The Morgan fingerprint density at radius 2 is 1.65 bits per heavy atom. The van der Waals surface area contributed by atoms with Gasteiger partial charge in [0.25, 0.3) is 10.1 Å². The molecule has 1 unspecified atom stereocenters. The summed E-state index contributed by atoms with van der Waals surface area (Å²) >= 11 is 0. The number of hydrogen-bond acceptors (Lipinski definition) is 5. The molecule has 0 saturated carbocycles. The van der Waals surface area contributed by atoms with Crippen molar-refractivity contribution in [1.29, 1.82) is 0 Å². The number of hydrogen-bond donors (Lipinski definition) is 1. The van der Waals surface area contributed by atoms with Gasteiger partial charge in [-0.2, -0.15) is 8.42 Å². The van der Waals surface area contributed by atoms with Gasteiger partial charge in [0.1, 0.15) is 5.60 Å². The highest BCUT2D eigenvalue weighted by atomic mass is 32.2. The molecule has 0 rings (SSSR count). The lowest BCUT2D eigenvalue weighted by atomic mass is 9.85. The molecule has 20 heavy (non-hydrogen) atoms. The van der Waals surface area contributed by atoms with Crippen molar-refractivity contribution in [2.75, 3.05) is 12.9 Å². The second-order valence-electron chi connectivity index (χ2n) is 6.88. The highest BCUT2D eigenvalue weighted by Crippen LogP contribution is 2.22. The van der Waals surface area contributed by atoms with E-state index in [1.807, 2.05) is 20.8 Å². The van der Waals surface area contributed by atoms with E-state index in [-0.39, 0.29) is 18.1 Å². The van der Waals surface area contributed by atoms with E-state index < -0.39 is 21.8 Å². The summed E-state index contributed by atoms with van der Waals surface area (Å²) in [4.78, 5) is 11.8. The molecule has 0 aromatic heterocycles. The van der Waals surface area contributed by atoms with E-state index in [4.69, 9.17) is 8.92 Å². The lowest BCUT2D eigenvalue weighted by Crippen LogP contribution is -2.46. The van der Waals surface area contributed by atoms with Crippen molar-refractivity contribution in [3.63, 3.8) is 0 Å². The molecular formula is C13H27NO5S. The molecule has 0 heterocycles. The highest BCUT2D eigenvalue weighted by Gasteiger charge is 2.28. The number of rotatable bonds is 5. The van der Waals surface area contributed by atoms with Crippen LogP contribution in [0.2, 0.25) is 0 Å². The first-order chi connectivity index (χ1) is 8.71. The first-order valence-electron chi connectivity index (χ1n) is 6.54. The van der Waals surface area contributed by atoms with Crippen LogP contribution in [0.25, 0.3) is 0 Å². The van der Waals surface area contributed by atoms with Gasteiger partial charge in [0.15, 0.2) is 0 Å². The summed E-state index contributed by atoms with van der Waals surface area (Å²) in [6.45, 7) is 11.2. The number of amides is 1. The largest absolute Gasteiger partial charge is 0.444 e. The molecular weight excluding hydrogens is 282 g/mol. The van der Waals surface area contributed by atoms with Gasteiger partial charge in [0, 0.05) is 6.04 Å². The third-order valence-corrected chi connectivity index (χ3v) is 3.04. The number of carbonyl (C=O) groups excluding carboxylic acids is 1. The van der Waals surface area contributed by atoms with Gasteiger partial charge in [-0.25, -0.2) is 4.79 Å². The van der Waals surface area contributed by atoms with Gasteiger partial charge in [-0.15, -0.1) is 0 Å². The highest BCUT2D eigenvalue weighted by molar-refractivity contribution is 7.85. The topological polar surface area (TPSA) is 81.7 Å². The van der Waals surface area contributed by atoms with Crippen LogP contribution in [-0.4, -0.2) is 39.0 Å². The van der Waals surface area contributed by atoms with E-state index in [0.29, 0.717) is 6.42 Å². The van der Waals surface area contributed by atoms with Crippen LogP contribution < -0.4 is 5.32 Å². The fourth-order valence-corrected chi connectivity index (χ4v) is 1.89. The molecule has 0 aromatic rings. The summed E-state index contributed by atoms with van der Waals surface area (Å²) in [5.41, 5.74) is -0.812. The van der Waals surface area contributed by atoms with Crippen molar-refractivity contribution in [2.24, 2.45) is 5.41 Å². The Morgan fingerprint density at radius 1 is 1.15 bits per heavy atom. The summed E-state index contributed by atoms with van der Waals surface area (Å²) in [6.07, 6.45) is 0.868. The van der Waals surface area contributed by atoms with Gasteiger partial charge in [-0.3, -0.25) is 4.18 Å². The van der Waals surface area contributed by atoms with Crippen LogP contribution >= 0.6 is 0 Å². The molecule has 1 atom stereocenters. The Kier molecular flexibility index (Phi) is 6.48. The van der Waals surface area contributed by atoms with Crippen LogP contribution in [0.4, 0.5) is 4.79 Å². The molecule has 0 aliphatic heterocycles. The molecule has 0 aromatic carbocycles. The maximum atomic E-state index is 11.8. The van der Waals surface area contributed by atoms with Gasteiger partial charge in [-0.05, 0) is 32.6 Å². The summed E-state index contributed by atoms with van der Waals surface area (Å²) < 4.78 is 31.8. The van der Waals surface area contributed by atoms with Gasteiger partial charge >= 0.3 is 6.09 Å². The van der Waals surface area contributed by atoms with Crippen LogP contribution in [0.1, 0.15) is 48.0 Å². The first-order valence-corrected chi connectivity index (χ1v) is 8.36. The molecule has 0 spiro atoms. The maximum absolute atomic E-state index is 11.8. The third-order valence-electron chi connectivity index (χ3n) is 2.44. The average Bonchev–Trinajstić information content (AvgIpc) is 2.09. The molecule has 0 saturated heterocycles. The van der Waals surface area contributed by atoms with Gasteiger partial charge in [0.05, 0.1) is 12.9 Å². The van der Waals surface area contributed by atoms with Crippen molar-refractivity contribution in [3.8, 4) is 0 Å². The van der Waals surface area contributed by atoms with Crippen LogP contribution in [0.15, 0.2) is 0 Å². The smallest absolute Gasteiger partial charge is 0.407 e. The molecule has 0 fully saturated rings. The summed E-state index contributed by atoms with van der Waals surface area (Å²) in [5.74, 6) is 0. The second kappa shape index (κ2) is 6.76. The molecule has 0 aliphatic rings. The van der Waals surface area contributed by atoms with Crippen LogP contribution in [0, 0.1) is 5.41 Å². The fraction of sp³-hybridized carbons (Fsp3) is 0.923. The van der Waals surface area contributed by atoms with Gasteiger partial charge in [0.2, 0.25) is 0 Å². The Labute approximate surface area is 122 Å². The van der Waals surface area contributed by atoms with Crippen molar-refractivity contribution in [1.82, 2.24) is 5.32 Å². The number of nitrogens with one attached hydrogen (secondary N) is 1.